The zero-order valence-corrected chi connectivity index (χ0v) is 19.7. The van der Waals surface area contributed by atoms with E-state index < -0.39 is 41.6 Å². The van der Waals surface area contributed by atoms with Crippen LogP contribution < -0.4 is 15.2 Å². The van der Waals surface area contributed by atoms with Crippen LogP contribution >= 0.6 is 0 Å². The lowest BCUT2D eigenvalue weighted by atomic mass is 9.90. The van der Waals surface area contributed by atoms with Crippen LogP contribution in [0, 0.1) is 5.41 Å². The third-order valence-electron chi connectivity index (χ3n) is 4.97. The first-order valence-corrected chi connectivity index (χ1v) is 10.4. The fraction of sp³-hybridized carbons (Fsp3) is 0.565. The number of carbonyl (C=O) groups excluding carboxylic acids is 4. The lowest BCUT2D eigenvalue weighted by Gasteiger charge is -2.27. The van der Waals surface area contributed by atoms with Gasteiger partial charge >= 0.3 is 23.9 Å². The SMILES string of the molecule is CCC(C)(C)C(=O)O[C@@H](C)[C@H](C)OC(=O)[C@@H](N)Cc1ccc(OC(C)=O)c(OC(C)=O)c1. The van der Waals surface area contributed by atoms with Gasteiger partial charge in [-0.15, -0.1) is 0 Å². The van der Waals surface area contributed by atoms with Crippen molar-refractivity contribution in [1.29, 1.82) is 0 Å². The van der Waals surface area contributed by atoms with Crippen molar-refractivity contribution in [2.45, 2.75) is 79.6 Å². The Hall–Kier alpha value is -2.94. The molecule has 0 aliphatic carbocycles. The summed E-state index contributed by atoms with van der Waals surface area (Å²) >= 11 is 0. The van der Waals surface area contributed by atoms with Gasteiger partial charge in [0.05, 0.1) is 5.41 Å². The van der Waals surface area contributed by atoms with Crippen LogP contribution in [0.15, 0.2) is 18.2 Å². The van der Waals surface area contributed by atoms with Crippen LogP contribution in [0.5, 0.6) is 11.5 Å². The van der Waals surface area contributed by atoms with Crippen molar-refractivity contribution in [3.63, 3.8) is 0 Å². The van der Waals surface area contributed by atoms with Crippen LogP contribution in [0.3, 0.4) is 0 Å². The van der Waals surface area contributed by atoms with Crippen molar-refractivity contribution < 1.29 is 38.1 Å². The van der Waals surface area contributed by atoms with Gasteiger partial charge in [0, 0.05) is 13.8 Å². The normalized spacial score (nSPS) is 14.0. The largest absolute Gasteiger partial charge is 0.458 e. The summed E-state index contributed by atoms with van der Waals surface area (Å²) in [7, 11) is 0. The summed E-state index contributed by atoms with van der Waals surface area (Å²) in [5, 5.41) is 0. The molecule has 2 N–H and O–H groups in total. The summed E-state index contributed by atoms with van der Waals surface area (Å²) in [6.45, 7) is 11.2. The molecule has 0 heterocycles. The van der Waals surface area contributed by atoms with E-state index in [0.29, 0.717) is 12.0 Å². The Morgan fingerprint density at radius 1 is 0.938 bits per heavy atom. The topological polar surface area (TPSA) is 131 Å². The molecular weight excluding hydrogens is 418 g/mol. The first kappa shape index (κ1) is 27.1. The average Bonchev–Trinajstić information content (AvgIpc) is 2.68. The lowest BCUT2D eigenvalue weighted by molar-refractivity contribution is -0.172. The molecule has 0 saturated carbocycles. The Morgan fingerprint density at radius 3 is 2.00 bits per heavy atom. The van der Waals surface area contributed by atoms with Crippen molar-refractivity contribution >= 4 is 23.9 Å². The van der Waals surface area contributed by atoms with E-state index in [1.165, 1.54) is 26.0 Å². The number of hydrogen-bond acceptors (Lipinski definition) is 9. The second kappa shape index (κ2) is 11.6. The van der Waals surface area contributed by atoms with Crippen molar-refractivity contribution in [3.05, 3.63) is 23.8 Å². The molecule has 0 bridgehead atoms. The van der Waals surface area contributed by atoms with Crippen molar-refractivity contribution in [3.8, 4) is 11.5 Å². The molecule has 0 aromatic heterocycles. The summed E-state index contributed by atoms with van der Waals surface area (Å²) in [5.74, 6) is -2.09. The molecule has 0 amide bonds. The first-order valence-electron chi connectivity index (χ1n) is 10.4. The van der Waals surface area contributed by atoms with Crippen LogP contribution in [-0.4, -0.2) is 42.1 Å². The molecule has 3 atom stereocenters. The molecule has 0 aliphatic rings. The van der Waals surface area contributed by atoms with Gasteiger partial charge in [0.1, 0.15) is 18.2 Å². The third-order valence-corrected chi connectivity index (χ3v) is 4.97. The standard InChI is InChI=1S/C23H33NO8/c1-8-23(6,7)22(28)30-14(3)13(2)29-21(27)18(24)11-17-9-10-19(31-15(4)25)20(12-17)32-16(5)26/h9-10,12-14,18H,8,11,24H2,1-7H3/t13-,14-,18-/m0/s1. The van der Waals surface area contributed by atoms with Gasteiger partial charge in [-0.2, -0.15) is 0 Å². The highest BCUT2D eigenvalue weighted by atomic mass is 16.6. The summed E-state index contributed by atoms with van der Waals surface area (Å²) in [5.41, 5.74) is 5.92. The van der Waals surface area contributed by atoms with Gasteiger partial charge in [-0.3, -0.25) is 19.2 Å². The number of hydrogen-bond donors (Lipinski definition) is 1. The molecule has 9 nitrogen and oxygen atoms in total. The van der Waals surface area contributed by atoms with E-state index in [1.807, 2.05) is 6.92 Å². The molecule has 0 radical (unpaired) electrons. The molecule has 178 valence electrons. The zero-order chi connectivity index (χ0) is 24.6. The molecule has 1 aromatic carbocycles. The van der Waals surface area contributed by atoms with Gasteiger partial charge in [-0.05, 0) is 58.2 Å². The molecule has 0 spiro atoms. The number of rotatable bonds is 10. The maximum Gasteiger partial charge on any atom is 0.323 e. The van der Waals surface area contributed by atoms with E-state index in [1.54, 1.807) is 33.8 Å². The molecule has 0 aliphatic heterocycles. The lowest BCUT2D eigenvalue weighted by Crippen LogP contribution is -2.40. The number of esters is 4. The van der Waals surface area contributed by atoms with Gasteiger partial charge in [0.25, 0.3) is 0 Å². The average molecular weight is 452 g/mol. The molecule has 0 unspecified atom stereocenters. The minimum absolute atomic E-state index is 0.0400. The fourth-order valence-electron chi connectivity index (χ4n) is 2.43. The summed E-state index contributed by atoms with van der Waals surface area (Å²) in [6, 6.07) is 3.50. The Kier molecular flexibility index (Phi) is 9.83. The number of benzene rings is 1. The highest BCUT2D eigenvalue weighted by Crippen LogP contribution is 2.29. The first-order chi connectivity index (χ1) is 14.8. The third kappa shape index (κ3) is 8.30. The predicted molar refractivity (Wildman–Crippen MR) is 116 cm³/mol. The van der Waals surface area contributed by atoms with E-state index in [9.17, 15) is 19.2 Å². The summed E-state index contributed by atoms with van der Waals surface area (Å²) in [6.07, 6.45) is -0.656. The Bertz CT molecular complexity index is 848. The molecule has 9 heteroatoms. The van der Waals surface area contributed by atoms with Gasteiger partial charge in [0.15, 0.2) is 11.5 Å². The number of nitrogens with two attached hydrogens (primary N) is 1. The summed E-state index contributed by atoms with van der Waals surface area (Å²) < 4.78 is 20.9. The van der Waals surface area contributed by atoms with Crippen LogP contribution in [0.4, 0.5) is 0 Å². The smallest absolute Gasteiger partial charge is 0.323 e. The van der Waals surface area contributed by atoms with E-state index in [-0.39, 0.29) is 23.9 Å². The van der Waals surface area contributed by atoms with Crippen molar-refractivity contribution in [2.75, 3.05) is 0 Å². The zero-order valence-electron chi connectivity index (χ0n) is 19.7. The Balaban J connectivity index is 2.79. The maximum absolute atomic E-state index is 12.4. The maximum atomic E-state index is 12.4. The van der Waals surface area contributed by atoms with Crippen LogP contribution in [-0.2, 0) is 35.1 Å². The summed E-state index contributed by atoms with van der Waals surface area (Å²) in [4.78, 5) is 47.2. The predicted octanol–water partition coefficient (Wildman–Crippen LogP) is 2.71. The van der Waals surface area contributed by atoms with Crippen LogP contribution in [0.25, 0.3) is 0 Å². The van der Waals surface area contributed by atoms with Crippen LogP contribution in [0.1, 0.15) is 60.5 Å². The molecule has 1 rings (SSSR count). The number of ether oxygens (including phenoxy) is 4. The van der Waals surface area contributed by atoms with Gasteiger partial charge in [-0.25, -0.2) is 0 Å². The van der Waals surface area contributed by atoms with Gasteiger partial charge in [-0.1, -0.05) is 13.0 Å². The molecule has 0 fully saturated rings. The molecule has 32 heavy (non-hydrogen) atoms. The van der Waals surface area contributed by atoms with E-state index in [0.717, 1.165) is 0 Å². The van der Waals surface area contributed by atoms with Crippen molar-refractivity contribution in [1.82, 2.24) is 0 Å². The van der Waals surface area contributed by atoms with Gasteiger partial charge < -0.3 is 24.7 Å². The fourth-order valence-corrected chi connectivity index (χ4v) is 2.43. The van der Waals surface area contributed by atoms with E-state index in [4.69, 9.17) is 24.7 Å². The highest BCUT2D eigenvalue weighted by molar-refractivity contribution is 5.77. The van der Waals surface area contributed by atoms with E-state index >= 15 is 0 Å². The Morgan fingerprint density at radius 2 is 1.47 bits per heavy atom. The number of carbonyl (C=O) groups is 4. The molecule has 0 saturated heterocycles. The van der Waals surface area contributed by atoms with Crippen LogP contribution in [0.2, 0.25) is 0 Å². The second-order valence-electron chi connectivity index (χ2n) is 8.27. The Labute approximate surface area is 188 Å². The minimum atomic E-state index is -1.02. The van der Waals surface area contributed by atoms with Gasteiger partial charge in [0.2, 0.25) is 0 Å². The van der Waals surface area contributed by atoms with E-state index in [2.05, 4.69) is 0 Å². The quantitative estimate of drug-likeness (QED) is 0.421. The monoisotopic (exact) mass is 451 g/mol. The minimum Gasteiger partial charge on any atom is -0.458 e. The van der Waals surface area contributed by atoms with Crippen molar-refractivity contribution in [2.24, 2.45) is 11.1 Å². The second-order valence-corrected chi connectivity index (χ2v) is 8.27. The highest BCUT2D eigenvalue weighted by Gasteiger charge is 2.31. The molecular formula is C23H33NO8. The molecule has 1 aromatic rings.